The van der Waals surface area contributed by atoms with Crippen molar-refractivity contribution in [2.75, 3.05) is 39.9 Å². The third-order valence-electron chi connectivity index (χ3n) is 5.71. The maximum Gasteiger partial charge on any atom is 0.254 e. The van der Waals surface area contributed by atoms with Crippen molar-refractivity contribution in [3.8, 4) is 11.5 Å². The Bertz CT molecular complexity index is 1100. The van der Waals surface area contributed by atoms with Gasteiger partial charge in [0, 0.05) is 31.7 Å². The van der Waals surface area contributed by atoms with E-state index < -0.39 is 10.0 Å². The number of ether oxygens (including phenoxy) is 2. The summed E-state index contributed by atoms with van der Waals surface area (Å²) in [5.41, 5.74) is 3.02. The average molecular weight is 475 g/mol. The van der Waals surface area contributed by atoms with Gasteiger partial charge in [0.1, 0.15) is 0 Å². The summed E-state index contributed by atoms with van der Waals surface area (Å²) in [5, 5.41) is 0. The fourth-order valence-corrected chi connectivity index (χ4v) is 6.03. The third kappa shape index (κ3) is 5.50. The maximum absolute atomic E-state index is 13.3. The molecule has 0 saturated carbocycles. The molecule has 180 valence electrons. The zero-order valence-electron chi connectivity index (χ0n) is 20.3. The first-order chi connectivity index (χ1) is 15.5. The zero-order chi connectivity index (χ0) is 24.3. The summed E-state index contributed by atoms with van der Waals surface area (Å²) in [7, 11) is -2.08. The number of benzene rings is 2. The highest BCUT2D eigenvalue weighted by Crippen LogP contribution is 2.30. The molecule has 1 heterocycles. The van der Waals surface area contributed by atoms with Crippen LogP contribution in [-0.4, -0.2) is 63.4 Å². The average Bonchev–Trinajstić information content (AvgIpc) is 2.76. The van der Waals surface area contributed by atoms with Crippen LogP contribution in [-0.2, 0) is 10.0 Å². The van der Waals surface area contributed by atoms with Crippen molar-refractivity contribution in [3.63, 3.8) is 0 Å². The molecule has 0 unspecified atom stereocenters. The lowest BCUT2D eigenvalue weighted by atomic mass is 10.1. The molecule has 3 rings (SSSR count). The molecule has 33 heavy (non-hydrogen) atoms. The highest BCUT2D eigenvalue weighted by molar-refractivity contribution is 7.89. The quantitative estimate of drug-likeness (QED) is 0.610. The number of hydrogen-bond donors (Lipinski definition) is 0. The van der Waals surface area contributed by atoms with Crippen molar-refractivity contribution in [3.05, 3.63) is 52.6 Å². The van der Waals surface area contributed by atoms with Gasteiger partial charge in [0.2, 0.25) is 10.0 Å². The second kappa shape index (κ2) is 10.1. The predicted molar refractivity (Wildman–Crippen MR) is 129 cm³/mol. The van der Waals surface area contributed by atoms with E-state index in [1.165, 1.54) is 4.31 Å². The number of hydrogen-bond acceptors (Lipinski definition) is 5. The third-order valence-corrected chi connectivity index (χ3v) is 7.92. The molecule has 7 nitrogen and oxygen atoms in total. The first-order valence-corrected chi connectivity index (χ1v) is 12.7. The van der Waals surface area contributed by atoms with Gasteiger partial charge in [-0.3, -0.25) is 4.79 Å². The molecular formula is C25H34N2O5S. The Morgan fingerprint density at radius 2 is 1.58 bits per heavy atom. The molecule has 1 aliphatic heterocycles. The summed E-state index contributed by atoms with van der Waals surface area (Å²) in [6.45, 7) is 11.5. The van der Waals surface area contributed by atoms with E-state index in [9.17, 15) is 13.2 Å². The molecular weight excluding hydrogens is 440 g/mol. The lowest BCUT2D eigenvalue weighted by Crippen LogP contribution is -2.50. The van der Waals surface area contributed by atoms with Crippen LogP contribution < -0.4 is 9.47 Å². The van der Waals surface area contributed by atoms with E-state index in [2.05, 4.69) is 13.8 Å². The number of amides is 1. The second-order valence-electron chi connectivity index (χ2n) is 8.99. The molecule has 1 amide bonds. The van der Waals surface area contributed by atoms with Crippen LogP contribution in [0.25, 0.3) is 0 Å². The fourth-order valence-electron chi connectivity index (χ4n) is 4.19. The van der Waals surface area contributed by atoms with E-state index >= 15 is 0 Å². The van der Waals surface area contributed by atoms with Crippen LogP contribution in [0.4, 0.5) is 0 Å². The van der Waals surface area contributed by atoms with Crippen LogP contribution in [0, 0.1) is 26.7 Å². The normalized spacial score (nSPS) is 15.1. The number of methoxy groups -OCH3 is 1. The predicted octanol–water partition coefficient (Wildman–Crippen LogP) is 3.80. The summed E-state index contributed by atoms with van der Waals surface area (Å²) in [5.74, 6) is 1.33. The number of piperazine rings is 1. The minimum Gasteiger partial charge on any atom is -0.493 e. The fraction of sp³-hybridized carbons (Fsp3) is 0.480. The van der Waals surface area contributed by atoms with Gasteiger partial charge in [-0.15, -0.1) is 0 Å². The van der Waals surface area contributed by atoms with Gasteiger partial charge in [0.25, 0.3) is 5.91 Å². The summed E-state index contributed by atoms with van der Waals surface area (Å²) in [6.07, 6.45) is 0. The molecule has 1 aliphatic rings. The molecule has 1 fully saturated rings. The van der Waals surface area contributed by atoms with Crippen LogP contribution in [0.2, 0.25) is 0 Å². The molecule has 2 aromatic rings. The second-order valence-corrected chi connectivity index (χ2v) is 10.9. The standard InChI is InChI=1S/C25H34N2O5S/c1-17(2)16-32-22-8-7-21(15-23(22)31-6)25(28)26-9-11-27(12-10-26)33(29,30)24-19(4)13-18(3)14-20(24)5/h7-8,13-15,17H,9-12,16H2,1-6H3. The minimum atomic E-state index is -3.62. The number of carbonyl (C=O) groups excluding carboxylic acids is 1. The highest BCUT2D eigenvalue weighted by atomic mass is 32.2. The summed E-state index contributed by atoms with van der Waals surface area (Å²) >= 11 is 0. The number of sulfonamides is 1. The molecule has 0 aliphatic carbocycles. The van der Waals surface area contributed by atoms with E-state index in [1.807, 2.05) is 32.9 Å². The van der Waals surface area contributed by atoms with Crippen molar-refractivity contribution in [1.82, 2.24) is 9.21 Å². The minimum absolute atomic E-state index is 0.150. The van der Waals surface area contributed by atoms with E-state index in [1.54, 1.807) is 30.2 Å². The first-order valence-electron chi connectivity index (χ1n) is 11.2. The number of aryl methyl sites for hydroxylation is 3. The van der Waals surface area contributed by atoms with Gasteiger partial charge in [-0.1, -0.05) is 31.5 Å². The van der Waals surface area contributed by atoms with Gasteiger partial charge in [-0.05, 0) is 56.0 Å². The van der Waals surface area contributed by atoms with E-state index in [-0.39, 0.29) is 19.0 Å². The Hall–Kier alpha value is -2.58. The van der Waals surface area contributed by atoms with Gasteiger partial charge in [-0.25, -0.2) is 8.42 Å². The maximum atomic E-state index is 13.3. The summed E-state index contributed by atoms with van der Waals surface area (Å²) in [4.78, 5) is 15.1. The van der Waals surface area contributed by atoms with Crippen LogP contribution >= 0.6 is 0 Å². The molecule has 1 saturated heterocycles. The van der Waals surface area contributed by atoms with Crippen molar-refractivity contribution in [2.24, 2.45) is 5.92 Å². The van der Waals surface area contributed by atoms with Crippen LogP contribution in [0.5, 0.6) is 11.5 Å². The summed E-state index contributed by atoms with van der Waals surface area (Å²) in [6, 6.07) is 8.93. The molecule has 0 radical (unpaired) electrons. The monoisotopic (exact) mass is 474 g/mol. The molecule has 0 atom stereocenters. The van der Waals surface area contributed by atoms with Crippen LogP contribution in [0.1, 0.15) is 40.9 Å². The Morgan fingerprint density at radius 3 is 2.12 bits per heavy atom. The van der Waals surface area contributed by atoms with Gasteiger partial charge < -0.3 is 14.4 Å². The Labute approximate surface area is 197 Å². The first kappa shape index (κ1) is 25.1. The Kier molecular flexibility index (Phi) is 7.69. The SMILES string of the molecule is COc1cc(C(=O)N2CCN(S(=O)(=O)c3c(C)cc(C)cc3C)CC2)ccc1OCC(C)C. The van der Waals surface area contributed by atoms with Gasteiger partial charge in [-0.2, -0.15) is 4.31 Å². The van der Waals surface area contributed by atoms with Crippen molar-refractivity contribution in [1.29, 1.82) is 0 Å². The Balaban J connectivity index is 1.71. The van der Waals surface area contributed by atoms with Crippen molar-refractivity contribution < 1.29 is 22.7 Å². The van der Waals surface area contributed by atoms with Crippen molar-refractivity contribution in [2.45, 2.75) is 39.5 Å². The molecule has 0 bridgehead atoms. The van der Waals surface area contributed by atoms with Gasteiger partial charge >= 0.3 is 0 Å². The number of rotatable bonds is 7. The summed E-state index contributed by atoms with van der Waals surface area (Å²) < 4.78 is 39.3. The topological polar surface area (TPSA) is 76.2 Å². The van der Waals surface area contributed by atoms with E-state index in [0.29, 0.717) is 47.6 Å². The number of carbonyl (C=O) groups is 1. The van der Waals surface area contributed by atoms with Gasteiger partial charge in [0.05, 0.1) is 18.6 Å². The van der Waals surface area contributed by atoms with Crippen LogP contribution in [0.15, 0.2) is 35.2 Å². The van der Waals surface area contributed by atoms with Crippen LogP contribution in [0.3, 0.4) is 0 Å². The highest BCUT2D eigenvalue weighted by Gasteiger charge is 2.32. The lowest BCUT2D eigenvalue weighted by Gasteiger charge is -2.34. The molecule has 0 N–H and O–H groups in total. The largest absolute Gasteiger partial charge is 0.493 e. The lowest BCUT2D eigenvalue weighted by molar-refractivity contribution is 0.0697. The molecule has 8 heteroatoms. The van der Waals surface area contributed by atoms with E-state index in [4.69, 9.17) is 9.47 Å². The zero-order valence-corrected chi connectivity index (χ0v) is 21.2. The van der Waals surface area contributed by atoms with E-state index in [0.717, 1.165) is 16.7 Å². The molecule has 0 aromatic heterocycles. The molecule has 0 spiro atoms. The smallest absolute Gasteiger partial charge is 0.254 e. The van der Waals surface area contributed by atoms with Crippen molar-refractivity contribution >= 4 is 15.9 Å². The van der Waals surface area contributed by atoms with Gasteiger partial charge in [0.15, 0.2) is 11.5 Å². The number of nitrogens with zero attached hydrogens (tertiary/aromatic N) is 2. The Morgan fingerprint density at radius 1 is 0.970 bits per heavy atom. The molecule has 2 aromatic carbocycles.